The Morgan fingerprint density at radius 3 is 2.70 bits per heavy atom. The molecule has 110 valence electrons. The summed E-state index contributed by atoms with van der Waals surface area (Å²) in [6.45, 7) is 1.38. The molecule has 2 amide bonds. The summed E-state index contributed by atoms with van der Waals surface area (Å²) in [4.78, 5) is 24.5. The molecule has 0 radical (unpaired) electrons. The Balaban J connectivity index is 2.72. The minimum absolute atomic E-state index is 0.0329. The van der Waals surface area contributed by atoms with Crippen molar-refractivity contribution in [2.75, 3.05) is 32.5 Å². The van der Waals surface area contributed by atoms with Crippen LogP contribution in [0, 0.1) is 0 Å². The molecule has 0 fully saturated rings. The smallest absolute Gasteiger partial charge is 0.337 e. The van der Waals surface area contributed by atoms with E-state index in [4.69, 9.17) is 16.7 Å². The molecule has 0 aliphatic rings. The maximum Gasteiger partial charge on any atom is 0.337 e. The van der Waals surface area contributed by atoms with E-state index in [0.29, 0.717) is 11.6 Å². The molecule has 0 bridgehead atoms. The van der Waals surface area contributed by atoms with E-state index >= 15 is 0 Å². The molecule has 20 heavy (non-hydrogen) atoms. The molecule has 0 atom stereocenters. The second-order valence-corrected chi connectivity index (χ2v) is 4.74. The van der Waals surface area contributed by atoms with Gasteiger partial charge in [-0.3, -0.25) is 0 Å². The third kappa shape index (κ3) is 4.71. The molecule has 0 unspecified atom stereocenters. The molecule has 0 spiro atoms. The van der Waals surface area contributed by atoms with E-state index in [0.717, 1.165) is 13.0 Å². The first-order valence-corrected chi connectivity index (χ1v) is 6.53. The van der Waals surface area contributed by atoms with Gasteiger partial charge in [0.2, 0.25) is 0 Å². The van der Waals surface area contributed by atoms with Crippen molar-refractivity contribution >= 4 is 29.3 Å². The number of hydrogen-bond donors (Lipinski definition) is 3. The van der Waals surface area contributed by atoms with Crippen molar-refractivity contribution in [3.05, 3.63) is 28.8 Å². The lowest BCUT2D eigenvalue weighted by Crippen LogP contribution is -2.33. The number of rotatable bonds is 6. The molecule has 7 heteroatoms. The molecular weight excluding hydrogens is 282 g/mol. The number of carboxylic acids is 1. The van der Waals surface area contributed by atoms with Gasteiger partial charge in [-0.1, -0.05) is 11.6 Å². The van der Waals surface area contributed by atoms with Gasteiger partial charge < -0.3 is 20.6 Å². The van der Waals surface area contributed by atoms with Crippen LogP contribution in [0.4, 0.5) is 10.5 Å². The van der Waals surface area contributed by atoms with Gasteiger partial charge in [0.15, 0.2) is 0 Å². The average Bonchev–Trinajstić information content (AvgIpc) is 2.40. The number of benzene rings is 1. The Bertz CT molecular complexity index is 494. The third-order valence-electron chi connectivity index (χ3n) is 2.72. The van der Waals surface area contributed by atoms with E-state index in [1.165, 1.54) is 23.1 Å². The summed E-state index contributed by atoms with van der Waals surface area (Å²) in [6, 6.07) is 3.96. The van der Waals surface area contributed by atoms with Crippen LogP contribution in [0.15, 0.2) is 18.2 Å². The van der Waals surface area contributed by atoms with Crippen LogP contribution >= 0.6 is 11.6 Å². The number of amides is 2. The lowest BCUT2D eigenvalue weighted by molar-refractivity contribution is 0.0698. The second-order valence-electron chi connectivity index (χ2n) is 4.30. The summed E-state index contributed by atoms with van der Waals surface area (Å²) >= 11 is 5.75. The number of aromatic carboxylic acids is 1. The number of carbonyl (C=O) groups is 2. The molecule has 0 saturated carbocycles. The third-order valence-corrected chi connectivity index (χ3v) is 2.96. The number of anilines is 1. The standard InChI is InChI=1S/C13H18ClN3O3/c1-15-6-3-7-17(2)13(20)16-11-5-4-9(14)8-10(11)12(18)19/h4-5,8,15H,3,6-7H2,1-2H3,(H,16,20)(H,18,19). The van der Waals surface area contributed by atoms with Crippen LogP contribution in [0.1, 0.15) is 16.8 Å². The van der Waals surface area contributed by atoms with E-state index < -0.39 is 5.97 Å². The maximum absolute atomic E-state index is 11.9. The lowest BCUT2D eigenvalue weighted by atomic mass is 10.2. The molecule has 1 rings (SSSR count). The van der Waals surface area contributed by atoms with Crippen molar-refractivity contribution in [3.8, 4) is 0 Å². The zero-order chi connectivity index (χ0) is 15.1. The fraction of sp³-hybridized carbons (Fsp3) is 0.385. The summed E-state index contributed by atoms with van der Waals surface area (Å²) < 4.78 is 0. The monoisotopic (exact) mass is 299 g/mol. The van der Waals surface area contributed by atoms with Gasteiger partial charge in [0, 0.05) is 18.6 Å². The van der Waals surface area contributed by atoms with Gasteiger partial charge in [-0.15, -0.1) is 0 Å². The fourth-order valence-electron chi connectivity index (χ4n) is 1.61. The van der Waals surface area contributed by atoms with Gasteiger partial charge in [-0.05, 0) is 38.2 Å². The van der Waals surface area contributed by atoms with E-state index in [2.05, 4.69) is 10.6 Å². The maximum atomic E-state index is 11.9. The molecule has 1 aromatic carbocycles. The van der Waals surface area contributed by atoms with Gasteiger partial charge in [0.1, 0.15) is 0 Å². The van der Waals surface area contributed by atoms with E-state index in [1.807, 2.05) is 7.05 Å². The van der Waals surface area contributed by atoms with E-state index in [1.54, 1.807) is 7.05 Å². The topological polar surface area (TPSA) is 81.7 Å². The zero-order valence-corrected chi connectivity index (χ0v) is 12.2. The first kappa shape index (κ1) is 16.3. The molecular formula is C13H18ClN3O3. The highest BCUT2D eigenvalue weighted by Gasteiger charge is 2.15. The first-order chi connectivity index (χ1) is 9.45. The highest BCUT2D eigenvalue weighted by Crippen LogP contribution is 2.21. The summed E-state index contributed by atoms with van der Waals surface area (Å²) in [7, 11) is 3.49. The van der Waals surface area contributed by atoms with Crippen molar-refractivity contribution in [2.24, 2.45) is 0 Å². The number of urea groups is 1. The number of nitrogens with zero attached hydrogens (tertiary/aromatic N) is 1. The first-order valence-electron chi connectivity index (χ1n) is 6.15. The van der Waals surface area contributed by atoms with Crippen molar-refractivity contribution < 1.29 is 14.7 Å². The van der Waals surface area contributed by atoms with Crippen LogP contribution in [0.25, 0.3) is 0 Å². The highest BCUT2D eigenvalue weighted by molar-refractivity contribution is 6.31. The van der Waals surface area contributed by atoms with E-state index in [9.17, 15) is 9.59 Å². The van der Waals surface area contributed by atoms with Crippen LogP contribution in [0.3, 0.4) is 0 Å². The molecule has 6 nitrogen and oxygen atoms in total. The molecule has 0 heterocycles. The van der Waals surface area contributed by atoms with Crippen LogP contribution in [0.2, 0.25) is 5.02 Å². The molecule has 0 aliphatic carbocycles. The van der Waals surface area contributed by atoms with Crippen LogP contribution in [-0.4, -0.2) is 49.2 Å². The molecule has 3 N–H and O–H groups in total. The highest BCUT2D eigenvalue weighted by atomic mass is 35.5. The van der Waals surface area contributed by atoms with Crippen molar-refractivity contribution in [3.63, 3.8) is 0 Å². The lowest BCUT2D eigenvalue weighted by Gasteiger charge is -2.18. The minimum atomic E-state index is -1.14. The predicted octanol–water partition coefficient (Wildman–Crippen LogP) is 2.11. The Hall–Kier alpha value is -1.79. The van der Waals surface area contributed by atoms with E-state index in [-0.39, 0.29) is 17.3 Å². The average molecular weight is 300 g/mol. The molecule has 0 aromatic heterocycles. The second kappa shape index (κ2) is 7.72. The van der Waals surface area contributed by atoms with Crippen LogP contribution < -0.4 is 10.6 Å². The van der Waals surface area contributed by atoms with Gasteiger partial charge in [-0.25, -0.2) is 9.59 Å². The minimum Gasteiger partial charge on any atom is -0.478 e. The number of carboxylic acid groups (broad SMARTS) is 1. The molecule has 1 aromatic rings. The Morgan fingerprint density at radius 2 is 2.10 bits per heavy atom. The molecule has 0 aliphatic heterocycles. The normalized spacial score (nSPS) is 10.2. The van der Waals surface area contributed by atoms with Gasteiger partial charge in [0.25, 0.3) is 0 Å². The summed E-state index contributed by atoms with van der Waals surface area (Å²) in [5.41, 5.74) is 0.196. The SMILES string of the molecule is CNCCCN(C)C(=O)Nc1ccc(Cl)cc1C(=O)O. The summed E-state index contributed by atoms with van der Waals surface area (Å²) in [6.07, 6.45) is 0.812. The predicted molar refractivity (Wildman–Crippen MR) is 78.6 cm³/mol. The summed E-state index contributed by atoms with van der Waals surface area (Å²) in [5.74, 6) is -1.14. The van der Waals surface area contributed by atoms with Crippen LogP contribution in [-0.2, 0) is 0 Å². The number of hydrogen-bond acceptors (Lipinski definition) is 3. The number of carbonyl (C=O) groups excluding carboxylic acids is 1. The molecule has 0 saturated heterocycles. The Labute approximate surface area is 122 Å². The fourth-order valence-corrected chi connectivity index (χ4v) is 1.78. The van der Waals surface area contributed by atoms with Crippen LogP contribution in [0.5, 0.6) is 0 Å². The van der Waals surface area contributed by atoms with Crippen molar-refractivity contribution in [1.82, 2.24) is 10.2 Å². The van der Waals surface area contributed by atoms with Gasteiger partial charge >= 0.3 is 12.0 Å². The van der Waals surface area contributed by atoms with Crippen molar-refractivity contribution in [1.29, 1.82) is 0 Å². The largest absolute Gasteiger partial charge is 0.478 e. The zero-order valence-electron chi connectivity index (χ0n) is 11.4. The Morgan fingerprint density at radius 1 is 1.40 bits per heavy atom. The van der Waals surface area contributed by atoms with Crippen molar-refractivity contribution in [2.45, 2.75) is 6.42 Å². The quantitative estimate of drug-likeness (QED) is 0.703. The number of halogens is 1. The Kier molecular flexibility index (Phi) is 6.27. The van der Waals surface area contributed by atoms with Gasteiger partial charge in [-0.2, -0.15) is 0 Å². The van der Waals surface area contributed by atoms with Gasteiger partial charge in [0.05, 0.1) is 11.3 Å². The summed E-state index contributed by atoms with van der Waals surface area (Å²) in [5, 5.41) is 15.0. The number of nitrogens with one attached hydrogen (secondary N) is 2.